The highest BCUT2D eigenvalue weighted by Gasteiger charge is 2.32. The summed E-state index contributed by atoms with van der Waals surface area (Å²) in [5.74, 6) is 0.770. The van der Waals surface area contributed by atoms with Crippen LogP contribution < -0.4 is 20.4 Å². The van der Waals surface area contributed by atoms with Gasteiger partial charge < -0.3 is 15.5 Å². The molecule has 1 saturated heterocycles. The molecule has 1 fully saturated rings. The predicted molar refractivity (Wildman–Crippen MR) is 124 cm³/mol. The van der Waals surface area contributed by atoms with Gasteiger partial charge in [0, 0.05) is 73.5 Å². The first-order chi connectivity index (χ1) is 14.8. The molecule has 0 atom stereocenters. The lowest BCUT2D eigenvalue weighted by Crippen LogP contribution is -2.57. The summed E-state index contributed by atoms with van der Waals surface area (Å²) in [6.07, 6.45) is 4.59. The molecule has 2 aliphatic heterocycles. The maximum atomic E-state index is 13.2. The van der Waals surface area contributed by atoms with E-state index in [1.54, 1.807) is 9.58 Å². The third kappa shape index (κ3) is 3.61. The van der Waals surface area contributed by atoms with Crippen molar-refractivity contribution in [1.82, 2.24) is 20.1 Å². The van der Waals surface area contributed by atoms with Crippen molar-refractivity contribution in [3.05, 3.63) is 41.7 Å². The number of hydrogen-bond acceptors (Lipinski definition) is 5. The van der Waals surface area contributed by atoms with Crippen LogP contribution in [0.15, 0.2) is 30.6 Å². The molecule has 0 aliphatic carbocycles. The molecule has 8 nitrogen and oxygen atoms in total. The fraction of sp³-hybridized carbons (Fsp3) is 0.435. The second-order valence-electron chi connectivity index (χ2n) is 9.22. The van der Waals surface area contributed by atoms with E-state index in [0.29, 0.717) is 6.54 Å². The van der Waals surface area contributed by atoms with Crippen molar-refractivity contribution in [3.8, 4) is 0 Å². The number of carbonyl (C=O) groups is 1. The Labute approximate surface area is 182 Å². The van der Waals surface area contributed by atoms with E-state index in [0.717, 1.165) is 59.6 Å². The molecule has 5 rings (SSSR count). The minimum atomic E-state index is -0.143. The number of piperazine rings is 1. The number of anilines is 3. The number of rotatable bonds is 2. The molecule has 1 aromatic carbocycles. The number of carbonyl (C=O) groups excluding carboxylic acids is 1. The average molecular weight is 420 g/mol. The Morgan fingerprint density at radius 1 is 1.26 bits per heavy atom. The number of aryl methyl sites for hydroxylation is 2. The lowest BCUT2D eigenvalue weighted by Gasteiger charge is -2.41. The van der Waals surface area contributed by atoms with Crippen LogP contribution in [-0.2, 0) is 13.5 Å². The molecule has 2 amide bonds. The van der Waals surface area contributed by atoms with Crippen molar-refractivity contribution in [3.63, 3.8) is 0 Å². The lowest BCUT2D eigenvalue weighted by molar-refractivity contribution is 0.257. The molecule has 4 heterocycles. The van der Waals surface area contributed by atoms with Crippen LogP contribution in [0.25, 0.3) is 10.9 Å². The van der Waals surface area contributed by atoms with Gasteiger partial charge in [-0.2, -0.15) is 5.10 Å². The van der Waals surface area contributed by atoms with Crippen molar-refractivity contribution < 1.29 is 4.79 Å². The van der Waals surface area contributed by atoms with E-state index in [2.05, 4.69) is 45.5 Å². The van der Waals surface area contributed by atoms with Crippen molar-refractivity contribution >= 4 is 34.1 Å². The summed E-state index contributed by atoms with van der Waals surface area (Å²) in [5, 5.41) is 12.1. The van der Waals surface area contributed by atoms with E-state index in [-0.39, 0.29) is 11.6 Å². The van der Waals surface area contributed by atoms with Gasteiger partial charge in [-0.05, 0) is 51.0 Å². The van der Waals surface area contributed by atoms with Crippen molar-refractivity contribution in [2.45, 2.75) is 32.7 Å². The van der Waals surface area contributed by atoms with Crippen molar-refractivity contribution in [2.24, 2.45) is 7.05 Å². The third-order valence-corrected chi connectivity index (χ3v) is 6.21. The van der Waals surface area contributed by atoms with Crippen LogP contribution in [0.4, 0.5) is 22.0 Å². The van der Waals surface area contributed by atoms with Gasteiger partial charge in [-0.1, -0.05) is 0 Å². The Hall–Kier alpha value is -3.13. The van der Waals surface area contributed by atoms with E-state index < -0.39 is 0 Å². The minimum Gasteiger partial charge on any atom is -0.368 e. The normalized spacial score (nSPS) is 17.8. The Morgan fingerprint density at radius 2 is 2.10 bits per heavy atom. The lowest BCUT2D eigenvalue weighted by atomic mass is 10.0. The first kappa shape index (κ1) is 19.8. The van der Waals surface area contributed by atoms with Gasteiger partial charge in [0.2, 0.25) is 0 Å². The topological polar surface area (TPSA) is 78.3 Å². The van der Waals surface area contributed by atoms with Crippen LogP contribution in [-0.4, -0.2) is 52.5 Å². The maximum Gasteiger partial charge on any atom is 0.327 e. The molecule has 0 radical (unpaired) electrons. The van der Waals surface area contributed by atoms with E-state index in [9.17, 15) is 4.79 Å². The molecule has 2 aromatic heterocycles. The van der Waals surface area contributed by atoms with Gasteiger partial charge in [0.15, 0.2) is 0 Å². The predicted octanol–water partition coefficient (Wildman–Crippen LogP) is 3.06. The van der Waals surface area contributed by atoms with Crippen LogP contribution in [0, 0.1) is 6.92 Å². The van der Waals surface area contributed by atoms with E-state index in [1.807, 2.05) is 38.5 Å². The van der Waals surface area contributed by atoms with Gasteiger partial charge >= 0.3 is 6.03 Å². The smallest absolute Gasteiger partial charge is 0.327 e. The zero-order valence-electron chi connectivity index (χ0n) is 18.6. The number of hydrogen-bond donors (Lipinski definition) is 2. The Balaban J connectivity index is 1.40. The average Bonchev–Trinajstić information content (AvgIpc) is 3.29. The summed E-state index contributed by atoms with van der Waals surface area (Å²) in [4.78, 5) is 22.0. The van der Waals surface area contributed by atoms with Gasteiger partial charge in [-0.15, -0.1) is 0 Å². The number of amides is 2. The molecule has 3 aromatic rings. The molecule has 2 aliphatic rings. The number of nitrogens with zero attached hydrogens (tertiary/aromatic N) is 5. The first-order valence-electron chi connectivity index (χ1n) is 10.8. The molecule has 162 valence electrons. The molecular weight excluding hydrogens is 390 g/mol. The van der Waals surface area contributed by atoms with Gasteiger partial charge in [0.05, 0.1) is 5.52 Å². The molecule has 8 heteroatoms. The molecule has 2 N–H and O–H groups in total. The number of urea groups is 1. The quantitative estimate of drug-likeness (QED) is 0.668. The van der Waals surface area contributed by atoms with Gasteiger partial charge in [-0.3, -0.25) is 9.58 Å². The van der Waals surface area contributed by atoms with Crippen LogP contribution in [0.5, 0.6) is 0 Å². The van der Waals surface area contributed by atoms with Crippen molar-refractivity contribution in [2.75, 3.05) is 41.3 Å². The highest BCUT2D eigenvalue weighted by Crippen LogP contribution is 2.35. The zero-order chi connectivity index (χ0) is 21.8. The largest absolute Gasteiger partial charge is 0.368 e. The summed E-state index contributed by atoms with van der Waals surface area (Å²) in [7, 11) is 1.90. The van der Waals surface area contributed by atoms with E-state index >= 15 is 0 Å². The maximum absolute atomic E-state index is 13.2. The monoisotopic (exact) mass is 419 g/mol. The summed E-state index contributed by atoms with van der Waals surface area (Å²) in [5.41, 5.74) is 5.14. The Bertz CT molecular complexity index is 1170. The fourth-order valence-corrected chi connectivity index (χ4v) is 4.73. The molecule has 0 spiro atoms. The zero-order valence-corrected chi connectivity index (χ0v) is 18.6. The Kier molecular flexibility index (Phi) is 4.62. The van der Waals surface area contributed by atoms with Crippen LogP contribution in [0.1, 0.15) is 25.0 Å². The van der Waals surface area contributed by atoms with Crippen molar-refractivity contribution in [1.29, 1.82) is 0 Å². The summed E-state index contributed by atoms with van der Waals surface area (Å²) in [6, 6.07) is 5.93. The standard InChI is InChI=1S/C23H29N7O/c1-15-11-19-16(13-28(4)27-19)12-18(15)26-22(31)30-9-6-17-20(5-7-24-21(17)30)29-10-8-25-23(2,3)14-29/h5,7,11-13,25H,6,8-10,14H2,1-4H3,(H,26,31). The fourth-order valence-electron chi connectivity index (χ4n) is 4.73. The molecular formula is C23H29N7O. The van der Waals surface area contributed by atoms with Crippen LogP contribution >= 0.6 is 0 Å². The van der Waals surface area contributed by atoms with Gasteiger partial charge in [0.1, 0.15) is 5.82 Å². The molecule has 0 unspecified atom stereocenters. The number of pyridine rings is 1. The molecule has 0 saturated carbocycles. The second kappa shape index (κ2) is 7.23. The number of aromatic nitrogens is 3. The van der Waals surface area contributed by atoms with E-state index in [1.165, 1.54) is 5.69 Å². The Morgan fingerprint density at radius 3 is 2.90 bits per heavy atom. The van der Waals surface area contributed by atoms with Crippen LogP contribution in [0.2, 0.25) is 0 Å². The third-order valence-electron chi connectivity index (χ3n) is 6.21. The highest BCUT2D eigenvalue weighted by molar-refractivity contribution is 6.04. The summed E-state index contributed by atoms with van der Waals surface area (Å²) in [6.45, 7) is 9.91. The highest BCUT2D eigenvalue weighted by atomic mass is 16.2. The second-order valence-corrected chi connectivity index (χ2v) is 9.22. The number of nitrogens with one attached hydrogen (secondary N) is 2. The molecule has 0 bridgehead atoms. The van der Waals surface area contributed by atoms with Gasteiger partial charge in [0.25, 0.3) is 0 Å². The number of benzene rings is 1. The summed E-state index contributed by atoms with van der Waals surface area (Å²) >= 11 is 0. The van der Waals surface area contributed by atoms with E-state index in [4.69, 9.17) is 0 Å². The van der Waals surface area contributed by atoms with Crippen LogP contribution in [0.3, 0.4) is 0 Å². The first-order valence-corrected chi connectivity index (χ1v) is 10.8. The SMILES string of the molecule is Cc1cc2nn(C)cc2cc1NC(=O)N1CCc2c(N3CCNC(C)(C)C3)ccnc21. The molecule has 31 heavy (non-hydrogen) atoms. The minimum absolute atomic E-state index is 0.0620. The summed E-state index contributed by atoms with van der Waals surface area (Å²) < 4.78 is 1.79. The number of fused-ring (bicyclic) bond motifs is 2. The van der Waals surface area contributed by atoms with Gasteiger partial charge in [-0.25, -0.2) is 9.78 Å².